The Morgan fingerprint density at radius 2 is 1.79 bits per heavy atom. The Bertz CT molecular complexity index is 811. The van der Waals surface area contributed by atoms with Gasteiger partial charge in [0.1, 0.15) is 0 Å². The quantitative estimate of drug-likeness (QED) is 0.425. The van der Waals surface area contributed by atoms with Crippen LogP contribution in [0.3, 0.4) is 0 Å². The number of aliphatic hydroxyl groups is 3. The number of rotatable bonds is 5. The van der Waals surface area contributed by atoms with Crippen molar-refractivity contribution in [1.29, 1.82) is 0 Å². The Morgan fingerprint density at radius 3 is 2.42 bits per heavy atom. The van der Waals surface area contributed by atoms with Crippen LogP contribution in [0.4, 0.5) is 0 Å². The van der Waals surface area contributed by atoms with E-state index in [1.807, 2.05) is 6.08 Å². The Morgan fingerprint density at radius 1 is 1.09 bits per heavy atom. The fourth-order valence-electron chi connectivity index (χ4n) is 9.69. The minimum absolute atomic E-state index is 0.0763. The van der Waals surface area contributed by atoms with Crippen LogP contribution in [0, 0.1) is 45.3 Å². The van der Waals surface area contributed by atoms with Gasteiger partial charge in [0.25, 0.3) is 0 Å². The second kappa shape index (κ2) is 8.49. The lowest BCUT2D eigenvalue weighted by Crippen LogP contribution is -2.59. The number of aliphatic hydroxyl groups excluding tert-OH is 3. The number of hydrogen-bond acceptors (Lipinski definition) is 3. The minimum atomic E-state index is -0.399. The summed E-state index contributed by atoms with van der Waals surface area (Å²) in [6.07, 6.45) is 12.5. The van der Waals surface area contributed by atoms with E-state index in [9.17, 15) is 15.3 Å². The molecule has 4 aliphatic carbocycles. The molecule has 0 heterocycles. The molecule has 3 nitrogen and oxygen atoms in total. The van der Waals surface area contributed by atoms with Crippen LogP contribution in [0.5, 0.6) is 0 Å². The molecule has 4 aliphatic rings. The van der Waals surface area contributed by atoms with Gasteiger partial charge in [0.15, 0.2) is 0 Å². The first kappa shape index (κ1) is 25.5. The summed E-state index contributed by atoms with van der Waals surface area (Å²) in [5.41, 5.74) is 3.15. The zero-order valence-corrected chi connectivity index (χ0v) is 22.3. The molecule has 3 N–H and O–H groups in total. The summed E-state index contributed by atoms with van der Waals surface area (Å²) in [4.78, 5) is 0. The summed E-state index contributed by atoms with van der Waals surface area (Å²) in [6.45, 7) is 16.3. The van der Waals surface area contributed by atoms with Crippen molar-refractivity contribution in [3.05, 3.63) is 23.3 Å². The van der Waals surface area contributed by atoms with Crippen LogP contribution in [0.1, 0.15) is 99.8 Å². The van der Waals surface area contributed by atoms with Crippen molar-refractivity contribution in [3.8, 4) is 0 Å². The van der Waals surface area contributed by atoms with Gasteiger partial charge in [0.05, 0.1) is 18.8 Å². The highest BCUT2D eigenvalue weighted by Crippen LogP contribution is 2.73. The summed E-state index contributed by atoms with van der Waals surface area (Å²) in [5.74, 6) is 2.06. The van der Waals surface area contributed by atoms with Crippen molar-refractivity contribution in [2.24, 2.45) is 45.3 Å². The van der Waals surface area contributed by atoms with Crippen molar-refractivity contribution in [3.63, 3.8) is 0 Å². The van der Waals surface area contributed by atoms with Crippen molar-refractivity contribution in [2.45, 2.75) is 112 Å². The highest BCUT2D eigenvalue weighted by molar-refractivity contribution is 5.33. The smallest absolute Gasteiger partial charge is 0.0726 e. The van der Waals surface area contributed by atoms with E-state index in [2.05, 4.69) is 54.5 Å². The molecule has 4 rings (SSSR count). The number of allylic oxidation sites excluding steroid dienone is 3. The molecular formula is C30H50O3. The maximum absolute atomic E-state index is 10.8. The van der Waals surface area contributed by atoms with Gasteiger partial charge in [0, 0.05) is 5.41 Å². The third-order valence-electron chi connectivity index (χ3n) is 11.8. The van der Waals surface area contributed by atoms with Crippen molar-refractivity contribution in [1.82, 2.24) is 0 Å². The predicted molar refractivity (Wildman–Crippen MR) is 136 cm³/mol. The Kier molecular flexibility index (Phi) is 6.55. The van der Waals surface area contributed by atoms with Crippen LogP contribution in [-0.4, -0.2) is 34.1 Å². The van der Waals surface area contributed by atoms with Crippen LogP contribution in [0.2, 0.25) is 0 Å². The van der Waals surface area contributed by atoms with E-state index in [0.29, 0.717) is 23.7 Å². The van der Waals surface area contributed by atoms with E-state index in [-0.39, 0.29) is 29.0 Å². The molecule has 3 saturated carbocycles. The molecule has 0 aliphatic heterocycles. The monoisotopic (exact) mass is 458 g/mol. The summed E-state index contributed by atoms with van der Waals surface area (Å²) < 4.78 is 0. The normalized spacial score (nSPS) is 48.7. The van der Waals surface area contributed by atoms with Gasteiger partial charge in [-0.25, -0.2) is 0 Å². The molecule has 0 bridgehead atoms. The maximum atomic E-state index is 10.8. The molecule has 3 fully saturated rings. The molecule has 0 radical (unpaired) electrons. The van der Waals surface area contributed by atoms with E-state index in [1.54, 1.807) is 5.57 Å². The SMILES string of the molecule is CC(C)=C[C@H](O)C[C@H](C)[C@@H]1CC[C@]2(C)C3=CC[C@H]4[C@](C)(CC[C@@H](O)[C@]4(C)CO)[C@H]3CC[C@@]12C. The molecule has 0 spiro atoms. The molecule has 0 aromatic heterocycles. The van der Waals surface area contributed by atoms with Crippen molar-refractivity contribution in [2.75, 3.05) is 6.61 Å². The first-order chi connectivity index (χ1) is 15.3. The highest BCUT2D eigenvalue weighted by Gasteiger charge is 2.65. The van der Waals surface area contributed by atoms with Gasteiger partial charge in [0.2, 0.25) is 0 Å². The van der Waals surface area contributed by atoms with Gasteiger partial charge in [-0.1, -0.05) is 57.9 Å². The average Bonchev–Trinajstić information content (AvgIpc) is 3.02. The molecular weight excluding hydrogens is 408 g/mol. The van der Waals surface area contributed by atoms with Gasteiger partial charge in [-0.15, -0.1) is 0 Å². The largest absolute Gasteiger partial charge is 0.396 e. The maximum Gasteiger partial charge on any atom is 0.0726 e. The second-order valence-corrected chi connectivity index (χ2v) is 13.7. The fraction of sp³-hybridized carbons (Fsp3) is 0.867. The molecule has 0 unspecified atom stereocenters. The van der Waals surface area contributed by atoms with Gasteiger partial charge in [-0.2, -0.15) is 0 Å². The molecule has 0 aromatic carbocycles. The zero-order chi connectivity index (χ0) is 24.4. The lowest BCUT2D eigenvalue weighted by Gasteiger charge is -2.64. The van der Waals surface area contributed by atoms with Gasteiger partial charge < -0.3 is 15.3 Å². The number of hydrogen-bond donors (Lipinski definition) is 3. The highest BCUT2D eigenvalue weighted by atomic mass is 16.3. The van der Waals surface area contributed by atoms with E-state index in [4.69, 9.17) is 0 Å². The van der Waals surface area contributed by atoms with E-state index in [0.717, 1.165) is 25.7 Å². The van der Waals surface area contributed by atoms with E-state index in [1.165, 1.54) is 31.3 Å². The van der Waals surface area contributed by atoms with E-state index >= 15 is 0 Å². The van der Waals surface area contributed by atoms with Gasteiger partial charge in [-0.3, -0.25) is 0 Å². The standard InChI is InChI=1S/C30H50O3/c1-19(2)16-21(32)17-20(3)22-10-14-30(7)24-8-9-25-27(4,23(24)11-15-29(22,30)6)13-12-26(33)28(25,5)18-31/h8,16,20-23,25-26,31-33H,9-15,17-18H2,1-7H3/t20-,21-,22-,23-,25-,26+,27+,28+,29-,30+/m0/s1. The Balaban J connectivity index is 1.64. The average molecular weight is 459 g/mol. The molecule has 3 heteroatoms. The van der Waals surface area contributed by atoms with Gasteiger partial charge >= 0.3 is 0 Å². The first-order valence-electron chi connectivity index (χ1n) is 13.7. The molecule has 33 heavy (non-hydrogen) atoms. The minimum Gasteiger partial charge on any atom is -0.396 e. The Hall–Kier alpha value is -0.640. The van der Waals surface area contributed by atoms with Crippen LogP contribution >= 0.6 is 0 Å². The number of fused-ring (bicyclic) bond motifs is 5. The third-order valence-corrected chi connectivity index (χ3v) is 11.8. The molecule has 0 aromatic rings. The first-order valence-corrected chi connectivity index (χ1v) is 13.7. The fourth-order valence-corrected chi connectivity index (χ4v) is 9.69. The van der Waals surface area contributed by atoms with Crippen LogP contribution in [0.25, 0.3) is 0 Å². The molecule has 10 atom stereocenters. The van der Waals surface area contributed by atoms with Crippen LogP contribution in [-0.2, 0) is 0 Å². The summed E-state index contributed by atoms with van der Waals surface area (Å²) in [7, 11) is 0. The van der Waals surface area contributed by atoms with Crippen LogP contribution in [0.15, 0.2) is 23.3 Å². The zero-order valence-electron chi connectivity index (χ0n) is 22.3. The molecule has 0 amide bonds. The van der Waals surface area contributed by atoms with Crippen LogP contribution < -0.4 is 0 Å². The third kappa shape index (κ3) is 3.62. The predicted octanol–water partition coefficient (Wildman–Crippen LogP) is 6.28. The Labute approximate surface area is 202 Å². The summed E-state index contributed by atoms with van der Waals surface area (Å²) >= 11 is 0. The summed E-state index contributed by atoms with van der Waals surface area (Å²) in [5, 5.41) is 31.8. The molecule has 0 saturated heterocycles. The molecule has 188 valence electrons. The topological polar surface area (TPSA) is 60.7 Å². The van der Waals surface area contributed by atoms with Crippen molar-refractivity contribution < 1.29 is 15.3 Å². The van der Waals surface area contributed by atoms with Gasteiger partial charge in [-0.05, 0) is 105 Å². The van der Waals surface area contributed by atoms with Crippen molar-refractivity contribution >= 4 is 0 Å². The summed E-state index contributed by atoms with van der Waals surface area (Å²) in [6, 6.07) is 0. The van der Waals surface area contributed by atoms with E-state index < -0.39 is 11.5 Å². The second-order valence-electron chi connectivity index (χ2n) is 13.7. The lowest BCUT2D eigenvalue weighted by atomic mass is 9.40. The lowest BCUT2D eigenvalue weighted by molar-refractivity contribution is -0.155.